The predicted molar refractivity (Wildman–Crippen MR) is 135 cm³/mol. The molecule has 0 unspecified atom stereocenters. The van der Waals surface area contributed by atoms with Gasteiger partial charge in [0.1, 0.15) is 73.8 Å². The molecule has 1 saturated carbocycles. The second-order valence-electron chi connectivity index (χ2n) is 11.2. The van der Waals surface area contributed by atoms with Crippen molar-refractivity contribution < 1.29 is 68.6 Å². The van der Waals surface area contributed by atoms with E-state index >= 15 is 0 Å². The summed E-state index contributed by atoms with van der Waals surface area (Å²) in [5, 5.41) is 72.6. The van der Waals surface area contributed by atoms with Gasteiger partial charge >= 0.3 is 0 Å². The van der Waals surface area contributed by atoms with Gasteiger partial charge in [0.05, 0.1) is 24.8 Å². The first-order valence-corrected chi connectivity index (χ1v) is 13.7. The Morgan fingerprint density at radius 3 is 1.64 bits per heavy atom. The Hall–Kier alpha value is -0.790. The number of halogens is 1. The van der Waals surface area contributed by atoms with Gasteiger partial charge in [-0.15, -0.1) is 0 Å². The molecule has 246 valence electrons. The van der Waals surface area contributed by atoms with Crippen LogP contribution in [0.25, 0.3) is 0 Å². The summed E-state index contributed by atoms with van der Waals surface area (Å²) in [5.74, 6) is 0. The summed E-state index contributed by atoms with van der Waals surface area (Å²) in [4.78, 5) is 0. The number of ether oxygens (including phenoxy) is 6. The lowest BCUT2D eigenvalue weighted by Crippen LogP contribution is -2.68. The molecule has 1 aliphatic carbocycles. The Bertz CT molecular complexity index is 872. The molecule has 3 heterocycles. The summed E-state index contributed by atoms with van der Waals surface area (Å²) in [7, 11) is 0. The van der Waals surface area contributed by atoms with E-state index < -0.39 is 130 Å². The molecule has 3 saturated heterocycles. The lowest BCUT2D eigenvalue weighted by atomic mass is 9.84. The van der Waals surface area contributed by atoms with Crippen LogP contribution in [-0.4, -0.2) is 172 Å². The van der Waals surface area contributed by atoms with E-state index in [1.807, 2.05) is 0 Å². The Labute approximate surface area is 240 Å². The molecule has 17 N–H and O–H groups in total. The zero-order valence-electron chi connectivity index (χ0n) is 22.6. The van der Waals surface area contributed by atoms with E-state index in [-0.39, 0.29) is 13.0 Å². The van der Waals surface area contributed by atoms with Crippen LogP contribution in [0.1, 0.15) is 6.42 Å². The van der Waals surface area contributed by atoms with Crippen LogP contribution in [-0.2, 0) is 28.4 Å². The molecular weight excluding hydrogens is 573 g/mol. The predicted octanol–water partition coefficient (Wildman–Crippen LogP) is -7.88. The molecular formula is C23H44FN5O13. The summed E-state index contributed by atoms with van der Waals surface area (Å²) in [6, 6.07) is -4.42. The molecule has 4 rings (SSSR count). The first-order chi connectivity index (χ1) is 19.8. The van der Waals surface area contributed by atoms with Crippen molar-refractivity contribution in [3.63, 3.8) is 0 Å². The molecule has 3 aliphatic heterocycles. The highest BCUT2D eigenvalue weighted by Crippen LogP contribution is 2.34. The van der Waals surface area contributed by atoms with Gasteiger partial charge < -0.3 is 92.8 Å². The number of rotatable bonds is 9. The van der Waals surface area contributed by atoms with E-state index in [9.17, 15) is 40.1 Å². The van der Waals surface area contributed by atoms with Crippen LogP contribution < -0.4 is 28.7 Å². The third kappa shape index (κ3) is 6.59. The third-order valence-electron chi connectivity index (χ3n) is 8.29. The molecule has 0 aromatic carbocycles. The van der Waals surface area contributed by atoms with Crippen LogP contribution in [0.5, 0.6) is 0 Å². The van der Waals surface area contributed by atoms with E-state index in [0.717, 1.165) is 0 Å². The van der Waals surface area contributed by atoms with E-state index in [2.05, 4.69) is 0 Å². The van der Waals surface area contributed by atoms with Gasteiger partial charge in [0, 0.05) is 18.6 Å². The Morgan fingerprint density at radius 2 is 1.10 bits per heavy atom. The van der Waals surface area contributed by atoms with E-state index in [4.69, 9.17) is 57.1 Å². The quantitative estimate of drug-likeness (QED) is 0.114. The van der Waals surface area contributed by atoms with Crippen molar-refractivity contribution in [3.05, 3.63) is 0 Å². The highest BCUT2D eigenvalue weighted by Gasteiger charge is 2.54. The van der Waals surface area contributed by atoms with Crippen molar-refractivity contribution in [3.8, 4) is 0 Å². The van der Waals surface area contributed by atoms with Gasteiger partial charge in [-0.3, -0.25) is 0 Å². The van der Waals surface area contributed by atoms with Crippen molar-refractivity contribution in [2.45, 2.75) is 123 Å². The summed E-state index contributed by atoms with van der Waals surface area (Å²) >= 11 is 0. The fraction of sp³-hybridized carbons (Fsp3) is 1.00. The van der Waals surface area contributed by atoms with Crippen molar-refractivity contribution >= 4 is 0 Å². The minimum Gasteiger partial charge on any atom is -0.394 e. The van der Waals surface area contributed by atoms with Crippen molar-refractivity contribution in [1.82, 2.24) is 0 Å². The molecule has 0 radical (unpaired) electrons. The van der Waals surface area contributed by atoms with Gasteiger partial charge in [-0.2, -0.15) is 0 Å². The molecule has 4 fully saturated rings. The molecule has 0 spiro atoms. The Balaban J connectivity index is 1.50. The van der Waals surface area contributed by atoms with E-state index in [0.29, 0.717) is 0 Å². The normalized spacial score (nSPS) is 53.8. The van der Waals surface area contributed by atoms with Crippen molar-refractivity contribution in [2.75, 3.05) is 19.8 Å². The van der Waals surface area contributed by atoms with Crippen molar-refractivity contribution in [2.24, 2.45) is 28.7 Å². The monoisotopic (exact) mass is 617 g/mol. The van der Waals surface area contributed by atoms with E-state index in [1.165, 1.54) is 0 Å². The van der Waals surface area contributed by atoms with Crippen LogP contribution >= 0.6 is 0 Å². The molecule has 19 heteroatoms. The van der Waals surface area contributed by atoms with Gasteiger partial charge in [0.25, 0.3) is 0 Å². The van der Waals surface area contributed by atoms with Crippen LogP contribution in [0, 0.1) is 0 Å². The number of alkyl halides is 1. The minimum absolute atomic E-state index is 0.0395. The molecule has 18 nitrogen and oxygen atoms in total. The SMILES string of the molecule is NC[C@H]1O[C@@H](O[C@H]2[C@@H](O)[C@H](O[C@@H]3[C@@H](O)[C@H](N)C[C@H](N)[C@H]3O[C@H]3O[C@H](CF)[C@@H](O)[C@H](O)[C@H]3N)O[C@@H]2CO)[C@@H](N)[C@H](O)[C@H]1O. The molecule has 4 aliphatic rings. The lowest BCUT2D eigenvalue weighted by Gasteiger charge is -2.47. The molecule has 0 bridgehead atoms. The fourth-order valence-electron chi connectivity index (χ4n) is 5.68. The van der Waals surface area contributed by atoms with Crippen LogP contribution in [0.3, 0.4) is 0 Å². The van der Waals surface area contributed by atoms with Gasteiger partial charge in [-0.05, 0) is 6.42 Å². The maximum Gasteiger partial charge on any atom is 0.187 e. The standard InChI is InChI=1S/C23H44FN5O13/c24-2-7-13(32)15(34)10(28)21(37-7)40-18-6(27)1-5(26)12(31)20(18)42-23-17(36)19(9(4-30)39-23)41-22-11(29)16(35)14(33)8(3-25)38-22/h5-23,30-36H,1-4,25-29H2/t5-,6+,7-,8-,9-,10-,11+,12+,13-,14+,15-,16+,17-,18-,19-,20-,21-,22+,23+/m1/s1. The molecule has 0 amide bonds. The average molecular weight is 618 g/mol. The minimum atomic E-state index is -1.64. The molecule has 0 aromatic heterocycles. The zero-order chi connectivity index (χ0) is 31.0. The molecule has 42 heavy (non-hydrogen) atoms. The van der Waals surface area contributed by atoms with Gasteiger partial charge in [-0.25, -0.2) is 4.39 Å². The number of aliphatic hydroxyl groups is 7. The Morgan fingerprint density at radius 1 is 0.595 bits per heavy atom. The largest absolute Gasteiger partial charge is 0.394 e. The highest BCUT2D eigenvalue weighted by atomic mass is 19.1. The van der Waals surface area contributed by atoms with Crippen molar-refractivity contribution in [1.29, 1.82) is 0 Å². The first-order valence-electron chi connectivity index (χ1n) is 13.7. The molecule has 0 aromatic rings. The van der Waals surface area contributed by atoms with Crippen LogP contribution in [0.2, 0.25) is 0 Å². The smallest absolute Gasteiger partial charge is 0.187 e. The summed E-state index contributed by atoms with van der Waals surface area (Å²) in [5.41, 5.74) is 29.8. The first kappa shape index (κ1) is 34.1. The summed E-state index contributed by atoms with van der Waals surface area (Å²) in [6.45, 7) is -2.00. The maximum atomic E-state index is 13.4. The van der Waals surface area contributed by atoms with Gasteiger partial charge in [0.2, 0.25) is 0 Å². The highest BCUT2D eigenvalue weighted by molar-refractivity contribution is 5.02. The summed E-state index contributed by atoms with van der Waals surface area (Å²) < 4.78 is 47.6. The van der Waals surface area contributed by atoms with Gasteiger partial charge in [0.15, 0.2) is 18.9 Å². The lowest BCUT2D eigenvalue weighted by molar-refractivity contribution is -0.309. The second-order valence-corrected chi connectivity index (χ2v) is 11.2. The Kier molecular flexibility index (Phi) is 11.4. The van der Waals surface area contributed by atoms with Crippen LogP contribution in [0.15, 0.2) is 0 Å². The number of aliphatic hydroxyl groups excluding tert-OH is 7. The maximum absolute atomic E-state index is 13.4. The van der Waals surface area contributed by atoms with Gasteiger partial charge in [-0.1, -0.05) is 0 Å². The average Bonchev–Trinajstić information content (AvgIpc) is 3.27. The topological polar surface area (TPSA) is 327 Å². The third-order valence-corrected chi connectivity index (χ3v) is 8.29. The molecule has 19 atom stereocenters. The number of nitrogens with two attached hydrogens (primary N) is 5. The fourth-order valence-corrected chi connectivity index (χ4v) is 5.68. The number of hydrogen-bond donors (Lipinski definition) is 12. The van der Waals surface area contributed by atoms with E-state index in [1.54, 1.807) is 0 Å². The zero-order valence-corrected chi connectivity index (χ0v) is 22.6. The summed E-state index contributed by atoms with van der Waals surface area (Å²) in [6.07, 6.45) is -21.2. The number of hydrogen-bond acceptors (Lipinski definition) is 18. The van der Waals surface area contributed by atoms with Crippen LogP contribution in [0.4, 0.5) is 4.39 Å². The second kappa shape index (κ2) is 14.1.